The van der Waals surface area contributed by atoms with Crippen LogP contribution in [0.25, 0.3) is 0 Å². The Morgan fingerprint density at radius 1 is 1.30 bits per heavy atom. The molecule has 0 saturated heterocycles. The predicted octanol–water partition coefficient (Wildman–Crippen LogP) is 3.53. The van der Waals surface area contributed by atoms with E-state index >= 15 is 0 Å². The molecule has 0 aliphatic rings. The van der Waals surface area contributed by atoms with E-state index in [9.17, 15) is 4.79 Å². The summed E-state index contributed by atoms with van der Waals surface area (Å²) in [7, 11) is 4.96. The highest BCUT2D eigenvalue weighted by atomic mass is 32.5. The van der Waals surface area contributed by atoms with Crippen LogP contribution in [0.2, 0.25) is 0 Å². The highest BCUT2D eigenvalue weighted by Crippen LogP contribution is 2.52. The molecule has 1 aromatic rings. The number of carbonyl (C=O) groups is 1. The molecule has 0 aliphatic carbocycles. The van der Waals surface area contributed by atoms with Gasteiger partial charge in [-0.15, -0.1) is 11.8 Å². The summed E-state index contributed by atoms with van der Waals surface area (Å²) in [5.41, 5.74) is 0. The number of nitrogens with zero attached hydrogens (tertiary/aromatic N) is 3. The Labute approximate surface area is 151 Å². The van der Waals surface area contributed by atoms with Gasteiger partial charge in [-0.05, 0) is 25.0 Å². The molecule has 128 valence electrons. The molecule has 0 N–H and O–H groups in total. The zero-order valence-electron chi connectivity index (χ0n) is 13.6. The molecule has 0 bridgehead atoms. The molecule has 0 aliphatic heterocycles. The molecule has 0 heterocycles. The zero-order chi connectivity index (χ0) is 17.5. The fraction of sp³-hybridized carbons (Fsp3) is 0.385. The number of benzene rings is 1. The maximum Gasteiger partial charge on any atom is 0.446 e. The number of hydrogen-bond acceptors (Lipinski definition) is 7. The number of amides is 1. The van der Waals surface area contributed by atoms with Gasteiger partial charge in [-0.3, -0.25) is 4.84 Å². The van der Waals surface area contributed by atoms with Crippen LogP contribution in [-0.2, 0) is 21.2 Å². The Balaban J connectivity index is 2.78. The third kappa shape index (κ3) is 5.77. The van der Waals surface area contributed by atoms with Crippen LogP contribution in [0.5, 0.6) is 0 Å². The van der Waals surface area contributed by atoms with Crippen LogP contribution < -0.4 is 5.30 Å². The van der Waals surface area contributed by atoms with Gasteiger partial charge in [0, 0.05) is 26.5 Å². The maximum absolute atomic E-state index is 11.9. The van der Waals surface area contributed by atoms with Crippen molar-refractivity contribution in [2.24, 2.45) is 5.16 Å². The molecule has 23 heavy (non-hydrogen) atoms. The van der Waals surface area contributed by atoms with E-state index < -0.39 is 12.5 Å². The fourth-order valence-corrected chi connectivity index (χ4v) is 5.17. The zero-order valence-corrected chi connectivity index (χ0v) is 17.0. The first kappa shape index (κ1) is 20.5. The topological polar surface area (TPSA) is 54.4 Å². The van der Waals surface area contributed by atoms with E-state index in [1.165, 1.54) is 16.1 Å². The van der Waals surface area contributed by atoms with E-state index in [2.05, 4.69) is 5.16 Å². The Morgan fingerprint density at radius 2 is 1.91 bits per heavy atom. The second-order valence-electron chi connectivity index (χ2n) is 4.25. The van der Waals surface area contributed by atoms with Crippen molar-refractivity contribution in [1.29, 1.82) is 0 Å². The molecule has 1 amide bonds. The molecule has 1 rings (SSSR count). The molecule has 0 spiro atoms. The molecule has 0 aromatic heterocycles. The normalized spacial score (nSPS) is 14.4. The fourth-order valence-electron chi connectivity index (χ4n) is 1.46. The summed E-state index contributed by atoms with van der Waals surface area (Å²) in [6, 6.07) is 9.58. The molecule has 10 heteroatoms. The van der Waals surface area contributed by atoms with Gasteiger partial charge in [-0.2, -0.15) is 4.08 Å². The van der Waals surface area contributed by atoms with Crippen molar-refractivity contribution in [3.05, 3.63) is 30.3 Å². The van der Waals surface area contributed by atoms with Crippen LogP contribution in [0.3, 0.4) is 0 Å². The van der Waals surface area contributed by atoms with E-state index in [1.807, 2.05) is 36.6 Å². The Bertz CT molecular complexity index is 601. The van der Waals surface area contributed by atoms with Crippen LogP contribution in [0.1, 0.15) is 6.92 Å². The standard InChI is InChI=1S/C13H20N3O3PS3/c1-11(22-5)14-19-13(17)15(2)23-16(3)20(21,18-4)12-9-7-6-8-10-12/h6-10H,1-5H3. The average Bonchev–Trinajstić information content (AvgIpc) is 2.58. The summed E-state index contributed by atoms with van der Waals surface area (Å²) in [6.07, 6.45) is -1.17. The van der Waals surface area contributed by atoms with Gasteiger partial charge in [-0.25, -0.2) is 9.10 Å². The van der Waals surface area contributed by atoms with Crippen molar-refractivity contribution in [2.75, 3.05) is 27.5 Å². The Kier molecular flexibility index (Phi) is 8.60. The van der Waals surface area contributed by atoms with E-state index in [0.29, 0.717) is 5.04 Å². The quantitative estimate of drug-likeness (QED) is 0.183. The number of carbonyl (C=O) groups excluding carboxylic acids is 1. The summed E-state index contributed by atoms with van der Waals surface area (Å²) in [5, 5.41) is 5.29. The molecule has 1 atom stereocenters. The lowest BCUT2D eigenvalue weighted by Crippen LogP contribution is -2.26. The number of hydrogen-bond donors (Lipinski definition) is 0. The van der Waals surface area contributed by atoms with E-state index in [4.69, 9.17) is 21.2 Å². The van der Waals surface area contributed by atoms with Crippen molar-refractivity contribution < 1.29 is 14.2 Å². The summed E-state index contributed by atoms with van der Waals surface area (Å²) in [6.45, 7) is 1.76. The third-order valence-electron chi connectivity index (χ3n) is 2.75. The van der Waals surface area contributed by atoms with Gasteiger partial charge in [-0.1, -0.05) is 35.5 Å². The molecule has 0 radical (unpaired) electrons. The number of thioether (sulfide) groups is 1. The summed E-state index contributed by atoms with van der Waals surface area (Å²) >= 11 is 8.24. The van der Waals surface area contributed by atoms with Gasteiger partial charge in [0.15, 0.2) is 6.42 Å². The number of rotatable bonds is 6. The molecule has 0 fully saturated rings. The largest absolute Gasteiger partial charge is 0.446 e. The van der Waals surface area contributed by atoms with Crippen molar-refractivity contribution in [3.8, 4) is 0 Å². The van der Waals surface area contributed by atoms with Gasteiger partial charge in [0.05, 0.1) is 12.1 Å². The van der Waals surface area contributed by atoms with Crippen molar-refractivity contribution >= 4 is 58.6 Å². The monoisotopic (exact) mass is 393 g/mol. The lowest BCUT2D eigenvalue weighted by Gasteiger charge is -2.31. The van der Waals surface area contributed by atoms with Gasteiger partial charge >= 0.3 is 6.09 Å². The van der Waals surface area contributed by atoms with Crippen LogP contribution in [0.4, 0.5) is 4.79 Å². The summed E-state index contributed by atoms with van der Waals surface area (Å²) in [4.78, 5) is 16.8. The molecular formula is C13H20N3O3PS3. The first-order chi connectivity index (χ1) is 10.8. The molecule has 1 unspecified atom stereocenters. The second-order valence-corrected chi connectivity index (χ2v) is 10.8. The van der Waals surface area contributed by atoms with Crippen molar-refractivity contribution in [2.45, 2.75) is 6.92 Å². The molecular weight excluding hydrogens is 373 g/mol. The van der Waals surface area contributed by atoms with Gasteiger partial charge in [0.1, 0.15) is 5.04 Å². The van der Waals surface area contributed by atoms with Gasteiger partial charge in [0.2, 0.25) is 0 Å². The van der Waals surface area contributed by atoms with Crippen LogP contribution in [-0.4, -0.2) is 47.0 Å². The minimum absolute atomic E-state index is 0.582. The SMILES string of the molecule is COP(=S)(c1ccccc1)N(C)SN(C)C(=O)ON=C(C)SC. The molecule has 6 nitrogen and oxygen atoms in total. The van der Waals surface area contributed by atoms with Crippen LogP contribution in [0.15, 0.2) is 35.5 Å². The number of oxime groups is 1. The minimum atomic E-state index is -2.44. The highest BCUT2D eigenvalue weighted by Gasteiger charge is 2.28. The van der Waals surface area contributed by atoms with E-state index in [-0.39, 0.29) is 0 Å². The van der Waals surface area contributed by atoms with E-state index in [1.54, 1.807) is 32.2 Å². The van der Waals surface area contributed by atoms with Crippen molar-refractivity contribution in [3.63, 3.8) is 0 Å². The maximum atomic E-state index is 11.9. The van der Waals surface area contributed by atoms with Gasteiger partial charge < -0.3 is 4.52 Å². The highest BCUT2D eigenvalue weighted by molar-refractivity contribution is 8.19. The first-order valence-electron chi connectivity index (χ1n) is 6.52. The van der Waals surface area contributed by atoms with E-state index in [0.717, 1.165) is 17.4 Å². The predicted molar refractivity (Wildman–Crippen MR) is 104 cm³/mol. The van der Waals surface area contributed by atoms with Crippen LogP contribution in [0, 0.1) is 0 Å². The lowest BCUT2D eigenvalue weighted by molar-refractivity contribution is 0.137. The second kappa shape index (κ2) is 9.66. The molecule has 1 aromatic carbocycles. The van der Waals surface area contributed by atoms with Crippen molar-refractivity contribution in [1.82, 2.24) is 8.38 Å². The Morgan fingerprint density at radius 3 is 2.43 bits per heavy atom. The molecule has 0 saturated carbocycles. The average molecular weight is 393 g/mol. The third-order valence-corrected chi connectivity index (χ3v) is 9.26. The van der Waals surface area contributed by atoms with Gasteiger partial charge in [0.25, 0.3) is 0 Å². The first-order valence-corrected chi connectivity index (χ1v) is 11.1. The van der Waals surface area contributed by atoms with Crippen LogP contribution >= 0.6 is 30.3 Å². The lowest BCUT2D eigenvalue weighted by atomic mass is 10.4. The summed E-state index contributed by atoms with van der Waals surface area (Å²) in [5.74, 6) is 0. The Hall–Kier alpha value is -0.570. The summed E-state index contributed by atoms with van der Waals surface area (Å²) < 4.78 is 8.69. The smallest absolute Gasteiger partial charge is 0.337 e. The minimum Gasteiger partial charge on any atom is -0.337 e.